The monoisotopic (exact) mass is 535 g/mol. The van der Waals surface area contributed by atoms with Gasteiger partial charge in [0.1, 0.15) is 0 Å². The third-order valence-corrected chi connectivity index (χ3v) is 5.99. The summed E-state index contributed by atoms with van der Waals surface area (Å²) in [6.07, 6.45) is 9.00. The molecule has 4 rings (SSSR count). The molecule has 2 aromatic heterocycles. The molecule has 3 heterocycles. The van der Waals surface area contributed by atoms with E-state index >= 15 is 0 Å². The van der Waals surface area contributed by atoms with Gasteiger partial charge in [0.25, 0.3) is 5.91 Å². The number of carbonyl (C=O) groups excluding carboxylic acids is 2. The fourth-order valence-electron chi connectivity index (χ4n) is 3.59. The van der Waals surface area contributed by atoms with Gasteiger partial charge in [0, 0.05) is 17.3 Å². The number of fused-ring (bicyclic) bond motifs is 1. The van der Waals surface area contributed by atoms with Crippen LogP contribution < -0.4 is 5.32 Å². The van der Waals surface area contributed by atoms with Gasteiger partial charge < -0.3 is 14.8 Å². The number of pyridine rings is 1. The maximum atomic E-state index is 12.1. The number of aromatic amines is 1. The van der Waals surface area contributed by atoms with Crippen LogP contribution in [0.25, 0.3) is 11.2 Å². The van der Waals surface area contributed by atoms with Gasteiger partial charge in [-0.05, 0) is 83.8 Å². The van der Waals surface area contributed by atoms with Crippen molar-refractivity contribution in [1.82, 2.24) is 24.8 Å². The number of nitriles is 1. The lowest BCUT2D eigenvalue weighted by atomic mass is 10.1. The summed E-state index contributed by atoms with van der Waals surface area (Å²) in [6.45, 7) is 13.5. The second-order valence-electron chi connectivity index (χ2n) is 9.10. The first kappa shape index (κ1) is 33.4. The number of rotatable bonds is 7. The van der Waals surface area contributed by atoms with Crippen LogP contribution >= 0.6 is 0 Å². The summed E-state index contributed by atoms with van der Waals surface area (Å²) in [7, 11) is 4.36. The van der Waals surface area contributed by atoms with Crippen LogP contribution in [-0.2, 0) is 0 Å². The van der Waals surface area contributed by atoms with Gasteiger partial charge in [-0.1, -0.05) is 46.6 Å². The van der Waals surface area contributed by atoms with Crippen LogP contribution in [0.3, 0.4) is 0 Å². The molecule has 2 N–H and O–H groups in total. The quantitative estimate of drug-likeness (QED) is 0.369. The number of hydrogen-bond acceptors (Lipinski definition) is 7. The number of amides is 1. The second kappa shape index (κ2) is 19.5. The van der Waals surface area contributed by atoms with Crippen LogP contribution in [0.2, 0.25) is 0 Å². The van der Waals surface area contributed by atoms with Gasteiger partial charge in [0.2, 0.25) is 5.95 Å². The Labute approximate surface area is 233 Å². The van der Waals surface area contributed by atoms with Gasteiger partial charge in [-0.3, -0.25) is 14.9 Å². The highest BCUT2D eigenvalue weighted by molar-refractivity contribution is 6.04. The average Bonchev–Trinajstić information content (AvgIpc) is 3.39. The van der Waals surface area contributed by atoms with E-state index in [1.165, 1.54) is 70.5 Å². The molecular weight excluding hydrogens is 490 g/mol. The standard InChI is InChI=1S/C15H9N5O2.C7H17N.C6H13N.C2H6/c16-6-9-2-1-3-11(4-9)14(22)20-15-18-12-5-10(8-21)7-17-13(12)19-15;1-4-6-7-8(3)5-2;1-7-5-3-2-4-6-7;1-2/h1-5,7-8H,(H2,17,18,19,20,22);4-7H2,1-3H3;2-6H2,1H3;1-2H3. The molecule has 0 saturated carbocycles. The van der Waals surface area contributed by atoms with Crippen molar-refractivity contribution >= 4 is 29.3 Å². The number of nitrogens with one attached hydrogen (secondary N) is 2. The maximum Gasteiger partial charge on any atom is 0.258 e. The van der Waals surface area contributed by atoms with Crippen molar-refractivity contribution in [2.75, 3.05) is 45.6 Å². The zero-order valence-corrected chi connectivity index (χ0v) is 24.5. The molecule has 39 heavy (non-hydrogen) atoms. The van der Waals surface area contributed by atoms with E-state index in [0.29, 0.717) is 34.1 Å². The fraction of sp³-hybridized carbons (Fsp3) is 0.500. The van der Waals surface area contributed by atoms with E-state index in [1.54, 1.807) is 24.3 Å². The van der Waals surface area contributed by atoms with Crippen molar-refractivity contribution in [3.05, 3.63) is 53.2 Å². The van der Waals surface area contributed by atoms with Gasteiger partial charge in [0.15, 0.2) is 11.9 Å². The minimum atomic E-state index is -0.397. The summed E-state index contributed by atoms with van der Waals surface area (Å²) < 4.78 is 0. The van der Waals surface area contributed by atoms with Crippen molar-refractivity contribution < 1.29 is 9.59 Å². The number of H-pyrrole nitrogens is 1. The molecule has 9 heteroatoms. The summed E-state index contributed by atoms with van der Waals surface area (Å²) in [5, 5.41) is 11.4. The van der Waals surface area contributed by atoms with Crippen LogP contribution in [0.5, 0.6) is 0 Å². The minimum absolute atomic E-state index is 0.220. The van der Waals surface area contributed by atoms with Gasteiger partial charge in [0.05, 0.1) is 17.1 Å². The Bertz CT molecular complexity index is 1160. The number of hydrogen-bond donors (Lipinski definition) is 2. The van der Waals surface area contributed by atoms with Crippen LogP contribution in [0.1, 0.15) is 86.1 Å². The lowest BCUT2D eigenvalue weighted by Crippen LogP contribution is -2.24. The smallest absolute Gasteiger partial charge is 0.258 e. The number of likely N-dealkylation sites (tertiary alicyclic amines) is 1. The van der Waals surface area contributed by atoms with Crippen molar-refractivity contribution in [3.63, 3.8) is 0 Å². The third-order valence-electron chi connectivity index (χ3n) is 5.99. The predicted molar refractivity (Wildman–Crippen MR) is 159 cm³/mol. The van der Waals surface area contributed by atoms with Crippen LogP contribution in [0.15, 0.2) is 36.5 Å². The van der Waals surface area contributed by atoms with Crippen LogP contribution in [-0.4, -0.2) is 77.2 Å². The molecule has 212 valence electrons. The van der Waals surface area contributed by atoms with E-state index in [2.05, 4.69) is 58.0 Å². The summed E-state index contributed by atoms with van der Waals surface area (Å²) in [6, 6.07) is 9.89. The van der Waals surface area contributed by atoms with Crippen molar-refractivity contribution in [1.29, 1.82) is 5.26 Å². The normalized spacial score (nSPS) is 12.6. The third kappa shape index (κ3) is 12.7. The molecule has 1 amide bonds. The van der Waals surface area contributed by atoms with Crippen LogP contribution in [0.4, 0.5) is 5.95 Å². The molecule has 0 aliphatic carbocycles. The molecule has 0 bridgehead atoms. The van der Waals surface area contributed by atoms with Crippen molar-refractivity contribution in [2.45, 2.75) is 59.8 Å². The molecule has 0 spiro atoms. The first-order valence-corrected chi connectivity index (χ1v) is 13.9. The molecule has 0 radical (unpaired) electrons. The number of nitrogens with zero attached hydrogens (tertiary/aromatic N) is 5. The zero-order valence-electron chi connectivity index (χ0n) is 24.5. The number of imidazole rings is 1. The highest BCUT2D eigenvalue weighted by Crippen LogP contribution is 2.14. The van der Waals surface area contributed by atoms with E-state index < -0.39 is 5.91 Å². The zero-order chi connectivity index (χ0) is 29.0. The van der Waals surface area contributed by atoms with E-state index in [-0.39, 0.29) is 5.95 Å². The second-order valence-corrected chi connectivity index (χ2v) is 9.10. The average molecular weight is 536 g/mol. The van der Waals surface area contributed by atoms with E-state index in [1.807, 2.05) is 19.9 Å². The summed E-state index contributed by atoms with van der Waals surface area (Å²) in [5.74, 6) is -0.176. The number of anilines is 1. The Kier molecular flexibility index (Phi) is 16.7. The van der Waals surface area contributed by atoms with E-state index in [0.717, 1.165) is 0 Å². The fourth-order valence-corrected chi connectivity index (χ4v) is 3.59. The highest BCUT2D eigenvalue weighted by Gasteiger charge is 2.11. The lowest BCUT2D eigenvalue weighted by Gasteiger charge is -2.20. The molecule has 0 atom stereocenters. The highest BCUT2D eigenvalue weighted by atomic mass is 16.1. The van der Waals surface area contributed by atoms with Gasteiger partial charge >= 0.3 is 0 Å². The van der Waals surface area contributed by atoms with E-state index in [9.17, 15) is 9.59 Å². The first-order valence-electron chi connectivity index (χ1n) is 13.9. The predicted octanol–water partition coefficient (Wildman–Crippen LogP) is 5.76. The number of aromatic nitrogens is 3. The van der Waals surface area contributed by atoms with Crippen molar-refractivity contribution in [2.24, 2.45) is 0 Å². The Hall–Kier alpha value is -3.61. The molecule has 1 aliphatic heterocycles. The summed E-state index contributed by atoms with van der Waals surface area (Å²) in [5.41, 5.74) is 2.10. The minimum Gasteiger partial charge on any atom is -0.322 e. The Balaban J connectivity index is 0.000000367. The van der Waals surface area contributed by atoms with Crippen LogP contribution in [0, 0.1) is 11.3 Å². The molecule has 3 aromatic rings. The molecule has 1 saturated heterocycles. The maximum absolute atomic E-state index is 12.1. The summed E-state index contributed by atoms with van der Waals surface area (Å²) >= 11 is 0. The number of carbonyl (C=O) groups is 2. The van der Waals surface area contributed by atoms with E-state index in [4.69, 9.17) is 5.26 Å². The largest absolute Gasteiger partial charge is 0.322 e. The Morgan fingerprint density at radius 1 is 1.21 bits per heavy atom. The molecule has 1 fully saturated rings. The Morgan fingerprint density at radius 2 is 1.92 bits per heavy atom. The lowest BCUT2D eigenvalue weighted by molar-refractivity contribution is 0.102. The first-order chi connectivity index (χ1) is 18.9. The molecule has 1 aliphatic rings. The number of unbranched alkanes of at least 4 members (excludes halogenated alkanes) is 1. The molecule has 1 aromatic carbocycles. The topological polar surface area (TPSA) is 118 Å². The molecule has 0 unspecified atom stereocenters. The Morgan fingerprint density at radius 3 is 2.49 bits per heavy atom. The summed E-state index contributed by atoms with van der Waals surface area (Å²) in [4.78, 5) is 38.6. The molecular formula is C30H45N7O2. The molecule has 9 nitrogen and oxygen atoms in total. The van der Waals surface area contributed by atoms with Gasteiger partial charge in [-0.2, -0.15) is 10.2 Å². The SMILES string of the molecule is CC.CCCCN(C)CC.CN1CCCCC1.N#Cc1cccc(C(=O)Nc2nc3ncc(C=O)cc3[nH]2)c1. The number of piperidine rings is 1. The van der Waals surface area contributed by atoms with Gasteiger partial charge in [-0.15, -0.1) is 0 Å². The number of benzene rings is 1. The van der Waals surface area contributed by atoms with Gasteiger partial charge in [-0.25, -0.2) is 4.98 Å². The van der Waals surface area contributed by atoms with Crippen molar-refractivity contribution in [3.8, 4) is 6.07 Å². The number of aldehydes is 1.